The SMILES string of the molecule is Cc1nn(C)c(C)c1C(=O)N1CCC(c2nnc3n2CCC3)CC1. The second-order valence-corrected chi connectivity index (χ2v) is 6.97. The van der Waals surface area contributed by atoms with E-state index in [-0.39, 0.29) is 5.91 Å². The smallest absolute Gasteiger partial charge is 0.257 e. The summed E-state index contributed by atoms with van der Waals surface area (Å²) in [5.41, 5.74) is 2.52. The number of carbonyl (C=O) groups is 1. The lowest BCUT2D eigenvalue weighted by Crippen LogP contribution is -2.38. The van der Waals surface area contributed by atoms with E-state index < -0.39 is 0 Å². The summed E-state index contributed by atoms with van der Waals surface area (Å²) in [6, 6.07) is 0. The predicted octanol–water partition coefficient (Wildman–Crippen LogP) is 1.59. The molecule has 2 aromatic heterocycles. The molecule has 4 heterocycles. The highest BCUT2D eigenvalue weighted by Gasteiger charge is 2.31. The Morgan fingerprint density at radius 2 is 1.88 bits per heavy atom. The monoisotopic (exact) mass is 328 g/mol. The van der Waals surface area contributed by atoms with Gasteiger partial charge in [-0.1, -0.05) is 0 Å². The molecule has 1 saturated heterocycles. The van der Waals surface area contributed by atoms with Crippen molar-refractivity contribution in [1.82, 2.24) is 29.4 Å². The minimum Gasteiger partial charge on any atom is -0.338 e. The van der Waals surface area contributed by atoms with Crippen LogP contribution in [0.15, 0.2) is 0 Å². The molecule has 2 aliphatic rings. The van der Waals surface area contributed by atoms with Crippen molar-refractivity contribution in [1.29, 1.82) is 0 Å². The summed E-state index contributed by atoms with van der Waals surface area (Å²) < 4.78 is 4.08. The Bertz CT molecular complexity index is 781. The molecule has 0 aromatic carbocycles. The van der Waals surface area contributed by atoms with Crippen LogP contribution in [0.3, 0.4) is 0 Å². The van der Waals surface area contributed by atoms with Crippen molar-refractivity contribution in [2.45, 2.75) is 52.0 Å². The number of hydrogen-bond acceptors (Lipinski definition) is 4. The quantitative estimate of drug-likeness (QED) is 0.839. The van der Waals surface area contributed by atoms with Crippen LogP contribution in [-0.2, 0) is 20.0 Å². The standard InChI is InChI=1S/C17H24N6O/c1-11-15(12(2)21(3)20-11)17(24)22-9-6-13(7-10-22)16-19-18-14-5-4-8-23(14)16/h13H,4-10H2,1-3H3. The summed E-state index contributed by atoms with van der Waals surface area (Å²) in [6.07, 6.45) is 4.14. The average molecular weight is 328 g/mol. The van der Waals surface area contributed by atoms with Crippen molar-refractivity contribution in [2.75, 3.05) is 13.1 Å². The molecular weight excluding hydrogens is 304 g/mol. The molecule has 7 nitrogen and oxygen atoms in total. The van der Waals surface area contributed by atoms with E-state index in [9.17, 15) is 4.79 Å². The second kappa shape index (κ2) is 5.72. The first-order chi connectivity index (χ1) is 11.6. The van der Waals surface area contributed by atoms with Gasteiger partial charge in [-0.3, -0.25) is 9.48 Å². The molecule has 0 N–H and O–H groups in total. The van der Waals surface area contributed by atoms with Gasteiger partial charge in [0.1, 0.15) is 11.6 Å². The number of hydrogen-bond donors (Lipinski definition) is 0. The summed E-state index contributed by atoms with van der Waals surface area (Å²) >= 11 is 0. The van der Waals surface area contributed by atoms with Crippen molar-refractivity contribution in [3.8, 4) is 0 Å². The lowest BCUT2D eigenvalue weighted by Gasteiger charge is -2.31. The summed E-state index contributed by atoms with van der Waals surface area (Å²) in [5.74, 6) is 2.79. The van der Waals surface area contributed by atoms with Crippen LogP contribution in [0.25, 0.3) is 0 Å². The number of nitrogens with zero attached hydrogens (tertiary/aromatic N) is 6. The van der Waals surface area contributed by atoms with Gasteiger partial charge in [0.25, 0.3) is 5.91 Å². The maximum atomic E-state index is 12.9. The largest absolute Gasteiger partial charge is 0.338 e. The van der Waals surface area contributed by atoms with Crippen LogP contribution in [0.4, 0.5) is 0 Å². The molecule has 7 heteroatoms. The number of likely N-dealkylation sites (tertiary alicyclic amines) is 1. The Hall–Kier alpha value is -2.18. The zero-order valence-corrected chi connectivity index (χ0v) is 14.6. The molecule has 0 aliphatic carbocycles. The molecule has 128 valence electrons. The number of aryl methyl sites for hydroxylation is 3. The Morgan fingerprint density at radius 1 is 1.12 bits per heavy atom. The molecule has 0 saturated carbocycles. The maximum Gasteiger partial charge on any atom is 0.257 e. The third-order valence-electron chi connectivity index (χ3n) is 5.51. The van der Waals surface area contributed by atoms with E-state index in [1.807, 2.05) is 25.8 Å². The zero-order chi connectivity index (χ0) is 16.8. The van der Waals surface area contributed by atoms with Crippen molar-refractivity contribution >= 4 is 5.91 Å². The van der Waals surface area contributed by atoms with Gasteiger partial charge in [-0.15, -0.1) is 10.2 Å². The number of fused-ring (bicyclic) bond motifs is 1. The van der Waals surface area contributed by atoms with E-state index in [1.54, 1.807) is 4.68 Å². The number of carbonyl (C=O) groups excluding carboxylic acids is 1. The number of aromatic nitrogens is 5. The molecule has 4 rings (SSSR count). The molecule has 0 spiro atoms. The summed E-state index contributed by atoms with van der Waals surface area (Å²) in [4.78, 5) is 14.8. The molecule has 0 radical (unpaired) electrons. The van der Waals surface area contributed by atoms with E-state index in [4.69, 9.17) is 0 Å². The predicted molar refractivity (Wildman–Crippen MR) is 88.9 cm³/mol. The number of rotatable bonds is 2. The van der Waals surface area contributed by atoms with Gasteiger partial charge in [0.05, 0.1) is 11.3 Å². The first-order valence-corrected chi connectivity index (χ1v) is 8.77. The summed E-state index contributed by atoms with van der Waals surface area (Å²) in [5, 5.41) is 13.1. The van der Waals surface area contributed by atoms with Gasteiger partial charge in [-0.25, -0.2) is 0 Å². The second-order valence-electron chi connectivity index (χ2n) is 6.97. The highest BCUT2D eigenvalue weighted by molar-refractivity contribution is 5.96. The van der Waals surface area contributed by atoms with E-state index in [2.05, 4.69) is 19.9 Å². The van der Waals surface area contributed by atoms with Crippen LogP contribution in [-0.4, -0.2) is 48.4 Å². The zero-order valence-electron chi connectivity index (χ0n) is 14.6. The molecule has 2 aromatic rings. The highest BCUT2D eigenvalue weighted by atomic mass is 16.2. The minimum atomic E-state index is 0.114. The van der Waals surface area contributed by atoms with Gasteiger partial charge in [-0.2, -0.15) is 5.10 Å². The Kier molecular flexibility index (Phi) is 3.66. The normalized spacial score (nSPS) is 18.2. The van der Waals surface area contributed by atoms with Crippen LogP contribution in [0, 0.1) is 13.8 Å². The number of amides is 1. The van der Waals surface area contributed by atoms with Crippen molar-refractivity contribution in [3.63, 3.8) is 0 Å². The summed E-state index contributed by atoms with van der Waals surface area (Å²) in [6.45, 7) is 6.47. The average Bonchev–Trinajstić information content (AvgIpc) is 3.23. The number of piperidine rings is 1. The molecule has 0 atom stereocenters. The van der Waals surface area contributed by atoms with Crippen LogP contribution in [0.1, 0.15) is 58.6 Å². The van der Waals surface area contributed by atoms with E-state index in [0.29, 0.717) is 5.92 Å². The lowest BCUT2D eigenvalue weighted by molar-refractivity contribution is 0.0708. The Labute approximate surface area is 141 Å². The van der Waals surface area contributed by atoms with Gasteiger partial charge in [0.2, 0.25) is 0 Å². The molecule has 0 bridgehead atoms. The first kappa shape index (κ1) is 15.4. The van der Waals surface area contributed by atoms with Crippen molar-refractivity contribution in [3.05, 3.63) is 28.6 Å². The Balaban J connectivity index is 1.47. The van der Waals surface area contributed by atoms with Crippen molar-refractivity contribution in [2.24, 2.45) is 7.05 Å². The van der Waals surface area contributed by atoms with Crippen LogP contribution in [0.2, 0.25) is 0 Å². The fraction of sp³-hybridized carbons (Fsp3) is 0.647. The minimum absolute atomic E-state index is 0.114. The van der Waals surface area contributed by atoms with E-state index in [0.717, 1.165) is 67.5 Å². The van der Waals surface area contributed by atoms with Crippen LogP contribution in [0.5, 0.6) is 0 Å². The Morgan fingerprint density at radius 3 is 2.54 bits per heavy atom. The molecule has 0 unspecified atom stereocenters. The lowest BCUT2D eigenvalue weighted by atomic mass is 9.95. The maximum absolute atomic E-state index is 12.9. The molecular formula is C17H24N6O. The molecule has 1 amide bonds. The fourth-order valence-corrected chi connectivity index (χ4v) is 4.06. The molecule has 2 aliphatic heterocycles. The third kappa shape index (κ3) is 2.34. The highest BCUT2D eigenvalue weighted by Crippen LogP contribution is 2.30. The van der Waals surface area contributed by atoms with E-state index in [1.165, 1.54) is 6.42 Å². The molecule has 1 fully saturated rings. The van der Waals surface area contributed by atoms with Gasteiger partial charge in [-0.05, 0) is 33.1 Å². The van der Waals surface area contributed by atoms with E-state index >= 15 is 0 Å². The van der Waals surface area contributed by atoms with Gasteiger partial charge >= 0.3 is 0 Å². The topological polar surface area (TPSA) is 68.8 Å². The van der Waals surface area contributed by atoms with Gasteiger partial charge in [0.15, 0.2) is 0 Å². The fourth-order valence-electron chi connectivity index (χ4n) is 4.06. The van der Waals surface area contributed by atoms with Gasteiger partial charge < -0.3 is 9.47 Å². The van der Waals surface area contributed by atoms with Crippen molar-refractivity contribution < 1.29 is 4.79 Å². The van der Waals surface area contributed by atoms with Gasteiger partial charge in [0, 0.05) is 44.7 Å². The molecule has 24 heavy (non-hydrogen) atoms. The first-order valence-electron chi connectivity index (χ1n) is 8.77. The van der Waals surface area contributed by atoms with Crippen LogP contribution < -0.4 is 0 Å². The van der Waals surface area contributed by atoms with Crippen LogP contribution >= 0.6 is 0 Å². The third-order valence-corrected chi connectivity index (χ3v) is 5.51. The summed E-state index contributed by atoms with van der Waals surface area (Å²) in [7, 11) is 1.89.